The first-order chi connectivity index (χ1) is 9.09. The molecule has 0 aromatic rings. The fourth-order valence-electron chi connectivity index (χ4n) is 3.17. The molecule has 114 valence electrons. The lowest BCUT2D eigenvalue weighted by Gasteiger charge is -2.30. The molecule has 19 heavy (non-hydrogen) atoms. The van der Waals surface area contributed by atoms with Gasteiger partial charge in [-0.3, -0.25) is 0 Å². The Kier molecular flexibility index (Phi) is 8.72. The fraction of sp³-hybridized carbons (Fsp3) is 1.00. The highest BCUT2D eigenvalue weighted by Crippen LogP contribution is 2.24. The van der Waals surface area contributed by atoms with Crippen molar-refractivity contribution < 1.29 is 0 Å². The summed E-state index contributed by atoms with van der Waals surface area (Å²) in [6.07, 6.45) is 9.89. The number of unbranched alkanes of at least 4 members (excludes halogenated alkanes) is 2. The van der Waals surface area contributed by atoms with Crippen molar-refractivity contribution in [1.29, 1.82) is 0 Å². The van der Waals surface area contributed by atoms with Gasteiger partial charge in [0.05, 0.1) is 0 Å². The molecule has 2 nitrogen and oxygen atoms in total. The van der Waals surface area contributed by atoms with Crippen LogP contribution in [0.2, 0.25) is 0 Å². The Morgan fingerprint density at radius 1 is 1.00 bits per heavy atom. The second-order valence-electron chi connectivity index (χ2n) is 7.00. The summed E-state index contributed by atoms with van der Waals surface area (Å²) < 4.78 is 0. The molecule has 2 heteroatoms. The van der Waals surface area contributed by atoms with Crippen LogP contribution in [-0.2, 0) is 0 Å². The molecule has 0 amide bonds. The van der Waals surface area contributed by atoms with Crippen LogP contribution in [0.4, 0.5) is 0 Å². The predicted octanol–water partition coefficient (Wildman–Crippen LogP) is 4.06. The van der Waals surface area contributed by atoms with Crippen LogP contribution >= 0.6 is 0 Å². The van der Waals surface area contributed by atoms with Crippen LogP contribution in [0.5, 0.6) is 0 Å². The molecule has 0 unspecified atom stereocenters. The van der Waals surface area contributed by atoms with Crippen LogP contribution in [0.25, 0.3) is 0 Å². The maximum atomic E-state index is 3.51. The molecule has 0 atom stereocenters. The van der Waals surface area contributed by atoms with Crippen molar-refractivity contribution in [3.05, 3.63) is 0 Å². The van der Waals surface area contributed by atoms with Gasteiger partial charge in [-0.1, -0.05) is 47.0 Å². The molecule has 0 saturated heterocycles. The Balaban J connectivity index is 2.13. The van der Waals surface area contributed by atoms with Gasteiger partial charge in [-0.2, -0.15) is 0 Å². The van der Waals surface area contributed by atoms with Gasteiger partial charge >= 0.3 is 0 Å². The van der Waals surface area contributed by atoms with Crippen LogP contribution < -0.4 is 5.32 Å². The molecule has 0 aromatic carbocycles. The zero-order valence-electron chi connectivity index (χ0n) is 13.8. The monoisotopic (exact) mass is 268 g/mol. The zero-order chi connectivity index (χ0) is 14.1. The van der Waals surface area contributed by atoms with Crippen molar-refractivity contribution in [2.45, 2.75) is 84.7 Å². The van der Waals surface area contributed by atoms with Crippen molar-refractivity contribution in [2.75, 3.05) is 19.6 Å². The number of nitrogens with one attached hydrogen (secondary N) is 1. The van der Waals surface area contributed by atoms with Gasteiger partial charge in [-0.25, -0.2) is 0 Å². The second kappa shape index (κ2) is 9.77. The molecular formula is C17H36N2. The van der Waals surface area contributed by atoms with Gasteiger partial charge in [0.1, 0.15) is 0 Å². The topological polar surface area (TPSA) is 15.3 Å². The molecule has 1 rings (SSSR count). The molecule has 1 aliphatic rings. The molecule has 0 spiro atoms. The standard InChI is InChI=1S/C17H36N2/c1-15(2)14-19(17-10-6-7-11-17)13-9-5-8-12-18-16(3)4/h15-18H,5-14H2,1-4H3. The molecule has 0 radical (unpaired) electrons. The number of hydrogen-bond donors (Lipinski definition) is 1. The van der Waals surface area contributed by atoms with Crippen LogP contribution in [-0.4, -0.2) is 36.6 Å². The zero-order valence-corrected chi connectivity index (χ0v) is 13.8. The van der Waals surface area contributed by atoms with E-state index in [0.717, 1.165) is 12.0 Å². The Morgan fingerprint density at radius 2 is 1.68 bits per heavy atom. The minimum atomic E-state index is 0.635. The van der Waals surface area contributed by atoms with E-state index in [9.17, 15) is 0 Å². The first-order valence-corrected chi connectivity index (χ1v) is 8.57. The molecule has 0 bridgehead atoms. The largest absolute Gasteiger partial charge is 0.315 e. The van der Waals surface area contributed by atoms with Crippen molar-refractivity contribution in [3.63, 3.8) is 0 Å². The van der Waals surface area contributed by atoms with Gasteiger partial charge < -0.3 is 10.2 Å². The van der Waals surface area contributed by atoms with E-state index in [2.05, 4.69) is 37.9 Å². The SMILES string of the molecule is CC(C)CN(CCCCCNC(C)C)C1CCCC1. The summed E-state index contributed by atoms with van der Waals surface area (Å²) in [5.74, 6) is 0.809. The molecular weight excluding hydrogens is 232 g/mol. The third-order valence-electron chi connectivity index (χ3n) is 4.12. The molecule has 1 N–H and O–H groups in total. The summed E-state index contributed by atoms with van der Waals surface area (Å²) in [7, 11) is 0. The number of nitrogens with zero attached hydrogens (tertiary/aromatic N) is 1. The summed E-state index contributed by atoms with van der Waals surface area (Å²) in [5, 5.41) is 3.51. The average molecular weight is 268 g/mol. The van der Waals surface area contributed by atoms with Gasteiger partial charge in [-0.15, -0.1) is 0 Å². The van der Waals surface area contributed by atoms with Gasteiger partial charge in [0.25, 0.3) is 0 Å². The van der Waals surface area contributed by atoms with E-state index in [4.69, 9.17) is 0 Å². The van der Waals surface area contributed by atoms with Crippen LogP contribution in [0.1, 0.15) is 72.6 Å². The van der Waals surface area contributed by atoms with Crippen molar-refractivity contribution in [1.82, 2.24) is 10.2 Å². The third-order valence-corrected chi connectivity index (χ3v) is 4.12. The van der Waals surface area contributed by atoms with E-state index in [1.54, 1.807) is 0 Å². The lowest BCUT2D eigenvalue weighted by molar-refractivity contribution is 0.173. The van der Waals surface area contributed by atoms with Crippen molar-refractivity contribution in [3.8, 4) is 0 Å². The summed E-state index contributed by atoms with van der Waals surface area (Å²) >= 11 is 0. The minimum Gasteiger partial charge on any atom is -0.315 e. The first kappa shape index (κ1) is 17.0. The first-order valence-electron chi connectivity index (χ1n) is 8.57. The number of hydrogen-bond acceptors (Lipinski definition) is 2. The van der Waals surface area contributed by atoms with Crippen LogP contribution in [0.3, 0.4) is 0 Å². The maximum absolute atomic E-state index is 3.51. The van der Waals surface area contributed by atoms with E-state index in [1.165, 1.54) is 64.6 Å². The van der Waals surface area contributed by atoms with E-state index in [-0.39, 0.29) is 0 Å². The molecule has 1 aliphatic carbocycles. The Labute approximate surface area is 121 Å². The predicted molar refractivity (Wildman–Crippen MR) is 85.7 cm³/mol. The van der Waals surface area contributed by atoms with Crippen molar-refractivity contribution >= 4 is 0 Å². The molecule has 1 fully saturated rings. The minimum absolute atomic E-state index is 0.635. The summed E-state index contributed by atoms with van der Waals surface area (Å²) in [5.41, 5.74) is 0. The van der Waals surface area contributed by atoms with Gasteiger partial charge in [0.2, 0.25) is 0 Å². The summed E-state index contributed by atoms with van der Waals surface area (Å²) in [6.45, 7) is 13.0. The van der Waals surface area contributed by atoms with Crippen LogP contribution in [0.15, 0.2) is 0 Å². The van der Waals surface area contributed by atoms with Gasteiger partial charge in [0.15, 0.2) is 0 Å². The number of rotatable bonds is 10. The van der Waals surface area contributed by atoms with Crippen molar-refractivity contribution in [2.24, 2.45) is 5.92 Å². The highest BCUT2D eigenvalue weighted by molar-refractivity contribution is 4.78. The second-order valence-corrected chi connectivity index (χ2v) is 7.00. The van der Waals surface area contributed by atoms with E-state index < -0.39 is 0 Å². The smallest absolute Gasteiger partial charge is 0.00953 e. The van der Waals surface area contributed by atoms with Gasteiger partial charge in [0, 0.05) is 18.6 Å². The molecule has 0 aromatic heterocycles. The quantitative estimate of drug-likeness (QED) is 0.601. The summed E-state index contributed by atoms with van der Waals surface area (Å²) in [6, 6.07) is 1.53. The highest BCUT2D eigenvalue weighted by atomic mass is 15.2. The molecule has 0 aliphatic heterocycles. The molecule has 0 heterocycles. The lowest BCUT2D eigenvalue weighted by Crippen LogP contribution is -2.37. The third kappa shape index (κ3) is 7.94. The lowest BCUT2D eigenvalue weighted by atomic mass is 10.1. The van der Waals surface area contributed by atoms with E-state index >= 15 is 0 Å². The Hall–Kier alpha value is -0.0800. The van der Waals surface area contributed by atoms with Crippen LogP contribution in [0, 0.1) is 5.92 Å². The fourth-order valence-corrected chi connectivity index (χ4v) is 3.17. The van der Waals surface area contributed by atoms with E-state index in [1.807, 2.05) is 0 Å². The maximum Gasteiger partial charge on any atom is 0.00953 e. The normalized spacial score (nSPS) is 17.2. The Bertz CT molecular complexity index is 207. The average Bonchev–Trinajstić information content (AvgIpc) is 2.84. The highest BCUT2D eigenvalue weighted by Gasteiger charge is 2.22. The van der Waals surface area contributed by atoms with E-state index in [0.29, 0.717) is 6.04 Å². The molecule has 1 saturated carbocycles. The van der Waals surface area contributed by atoms with Gasteiger partial charge in [-0.05, 0) is 44.7 Å². The summed E-state index contributed by atoms with van der Waals surface area (Å²) in [4.78, 5) is 2.79. The Morgan fingerprint density at radius 3 is 2.26 bits per heavy atom.